The summed E-state index contributed by atoms with van der Waals surface area (Å²) in [5.41, 5.74) is 2.01. The van der Waals surface area contributed by atoms with Gasteiger partial charge in [-0.3, -0.25) is 9.69 Å². The molecule has 1 saturated heterocycles. The number of halogens is 1. The number of fused-ring (bicyclic) bond motifs is 1. The summed E-state index contributed by atoms with van der Waals surface area (Å²) in [6, 6.07) is 14.2. The van der Waals surface area contributed by atoms with Crippen LogP contribution in [0.1, 0.15) is 28.8 Å². The van der Waals surface area contributed by atoms with Crippen LogP contribution < -0.4 is 4.74 Å². The van der Waals surface area contributed by atoms with Gasteiger partial charge in [0.05, 0.1) is 0 Å². The standard InChI is InChI=1S/C22H25FN2O2.C4H4O4/c23-19-5-3-6-20(14-19)27-13-12-24-10-8-17(9-11-24)15-25-16-18-4-1-2-7-21(18)22(25)26;5-3(6)1-2-4(7)8/h1-7,14,17H,8-13,15-16H2;1-2H,(H,5,6)(H,7,8). The number of amides is 1. The Bertz CT molecular complexity index is 1050. The van der Waals surface area contributed by atoms with E-state index in [1.165, 1.54) is 12.1 Å². The van der Waals surface area contributed by atoms with Gasteiger partial charge in [0.2, 0.25) is 0 Å². The third-order valence-electron chi connectivity index (χ3n) is 5.92. The number of carboxylic acid groups (broad SMARTS) is 2. The van der Waals surface area contributed by atoms with Gasteiger partial charge in [-0.2, -0.15) is 0 Å². The van der Waals surface area contributed by atoms with Crippen LogP contribution >= 0.6 is 0 Å². The highest BCUT2D eigenvalue weighted by Crippen LogP contribution is 2.26. The SMILES string of the molecule is O=C(O)C=CC(=O)O.O=C1c2ccccc2CN1CC1CCN(CCOc2cccc(F)c2)CC1. The highest BCUT2D eigenvalue weighted by molar-refractivity contribution is 5.98. The van der Waals surface area contributed by atoms with Gasteiger partial charge in [0, 0.05) is 43.4 Å². The quantitative estimate of drug-likeness (QED) is 0.554. The minimum atomic E-state index is -1.26. The number of hydrogen-bond donors (Lipinski definition) is 2. The van der Waals surface area contributed by atoms with Crippen LogP contribution in [0.25, 0.3) is 0 Å². The van der Waals surface area contributed by atoms with E-state index in [-0.39, 0.29) is 11.7 Å². The van der Waals surface area contributed by atoms with Gasteiger partial charge in [-0.1, -0.05) is 24.3 Å². The molecule has 9 heteroatoms. The van der Waals surface area contributed by atoms with E-state index in [4.69, 9.17) is 14.9 Å². The van der Waals surface area contributed by atoms with Gasteiger partial charge < -0.3 is 19.8 Å². The van der Waals surface area contributed by atoms with Gasteiger partial charge in [-0.15, -0.1) is 0 Å². The number of rotatable bonds is 8. The summed E-state index contributed by atoms with van der Waals surface area (Å²) in [5, 5.41) is 15.6. The zero-order valence-electron chi connectivity index (χ0n) is 19.3. The highest BCUT2D eigenvalue weighted by atomic mass is 19.1. The average molecular weight is 485 g/mol. The molecule has 2 heterocycles. The molecule has 8 nitrogen and oxygen atoms in total. The van der Waals surface area contributed by atoms with E-state index in [1.807, 2.05) is 23.1 Å². The van der Waals surface area contributed by atoms with Crippen molar-refractivity contribution in [2.75, 3.05) is 32.8 Å². The molecule has 2 N–H and O–H groups in total. The Kier molecular flexibility index (Phi) is 9.37. The second-order valence-corrected chi connectivity index (χ2v) is 8.44. The van der Waals surface area contributed by atoms with Gasteiger partial charge in [0.1, 0.15) is 18.2 Å². The molecule has 0 spiro atoms. The highest BCUT2D eigenvalue weighted by Gasteiger charge is 2.30. The van der Waals surface area contributed by atoms with Gasteiger partial charge in [-0.25, -0.2) is 14.0 Å². The molecule has 0 aromatic heterocycles. The van der Waals surface area contributed by atoms with E-state index < -0.39 is 11.9 Å². The van der Waals surface area contributed by atoms with E-state index in [1.54, 1.807) is 12.1 Å². The first-order valence-corrected chi connectivity index (χ1v) is 11.4. The Morgan fingerprint density at radius 3 is 2.34 bits per heavy atom. The fourth-order valence-corrected chi connectivity index (χ4v) is 4.16. The van der Waals surface area contributed by atoms with Crippen molar-refractivity contribution in [2.24, 2.45) is 5.92 Å². The Hall–Kier alpha value is -3.72. The lowest BCUT2D eigenvalue weighted by Crippen LogP contribution is -2.40. The monoisotopic (exact) mass is 484 g/mol. The number of ether oxygens (including phenoxy) is 1. The Labute approximate surface area is 203 Å². The molecule has 0 radical (unpaired) electrons. The fourth-order valence-electron chi connectivity index (χ4n) is 4.16. The summed E-state index contributed by atoms with van der Waals surface area (Å²) in [4.78, 5) is 36.0. The van der Waals surface area contributed by atoms with E-state index in [2.05, 4.69) is 11.0 Å². The first-order chi connectivity index (χ1) is 16.8. The lowest BCUT2D eigenvalue weighted by atomic mass is 9.96. The van der Waals surface area contributed by atoms with Gasteiger partial charge in [0.25, 0.3) is 5.91 Å². The largest absolute Gasteiger partial charge is 0.492 e. The van der Waals surface area contributed by atoms with Gasteiger partial charge in [-0.05, 0) is 55.6 Å². The van der Waals surface area contributed by atoms with Crippen molar-refractivity contribution in [3.63, 3.8) is 0 Å². The third-order valence-corrected chi connectivity index (χ3v) is 5.92. The number of piperidine rings is 1. The molecule has 2 aliphatic rings. The zero-order chi connectivity index (χ0) is 25.2. The van der Waals surface area contributed by atoms with Crippen LogP contribution in [0, 0.1) is 11.7 Å². The zero-order valence-corrected chi connectivity index (χ0v) is 19.3. The number of aliphatic carboxylic acids is 2. The molecule has 1 fully saturated rings. The molecule has 2 aliphatic heterocycles. The Morgan fingerprint density at radius 1 is 1.03 bits per heavy atom. The number of likely N-dealkylation sites (tertiary alicyclic amines) is 1. The summed E-state index contributed by atoms with van der Waals surface area (Å²) in [7, 11) is 0. The lowest BCUT2D eigenvalue weighted by Gasteiger charge is -2.33. The average Bonchev–Trinajstić information content (AvgIpc) is 3.15. The van der Waals surface area contributed by atoms with Gasteiger partial charge >= 0.3 is 11.9 Å². The van der Waals surface area contributed by atoms with Crippen molar-refractivity contribution >= 4 is 17.8 Å². The topological polar surface area (TPSA) is 107 Å². The molecule has 0 unspecified atom stereocenters. The van der Waals surface area contributed by atoms with Crippen molar-refractivity contribution in [1.82, 2.24) is 9.80 Å². The number of carboxylic acids is 2. The van der Waals surface area contributed by atoms with Crippen LogP contribution in [0.2, 0.25) is 0 Å². The molecule has 0 saturated carbocycles. The van der Waals surface area contributed by atoms with Crippen LogP contribution in [-0.4, -0.2) is 70.6 Å². The van der Waals surface area contributed by atoms with Crippen LogP contribution in [-0.2, 0) is 16.1 Å². The van der Waals surface area contributed by atoms with Crippen LogP contribution in [0.4, 0.5) is 4.39 Å². The van der Waals surface area contributed by atoms with Crippen LogP contribution in [0.5, 0.6) is 5.75 Å². The molecular formula is C26H29FN2O6. The molecule has 1 amide bonds. The summed E-state index contributed by atoms with van der Waals surface area (Å²) < 4.78 is 18.8. The molecule has 2 aromatic rings. The predicted molar refractivity (Wildman–Crippen MR) is 127 cm³/mol. The van der Waals surface area contributed by atoms with E-state index in [0.29, 0.717) is 30.4 Å². The summed E-state index contributed by atoms with van der Waals surface area (Å²) in [6.45, 7) is 5.04. The molecule has 2 aromatic carbocycles. The predicted octanol–water partition coefficient (Wildman–Crippen LogP) is 3.28. The number of carbonyl (C=O) groups is 3. The van der Waals surface area contributed by atoms with Crippen molar-refractivity contribution in [3.05, 3.63) is 77.6 Å². The maximum absolute atomic E-state index is 13.2. The van der Waals surface area contributed by atoms with Crippen LogP contribution in [0.3, 0.4) is 0 Å². The minimum absolute atomic E-state index is 0.177. The minimum Gasteiger partial charge on any atom is -0.492 e. The fraction of sp³-hybridized carbons (Fsp3) is 0.346. The number of benzene rings is 2. The van der Waals surface area contributed by atoms with Crippen molar-refractivity contribution in [2.45, 2.75) is 19.4 Å². The molecule has 0 atom stereocenters. The second-order valence-electron chi connectivity index (χ2n) is 8.44. The van der Waals surface area contributed by atoms with Crippen LogP contribution in [0.15, 0.2) is 60.7 Å². The molecule has 35 heavy (non-hydrogen) atoms. The molecule has 0 bridgehead atoms. The Balaban J connectivity index is 0.000000371. The first kappa shape index (κ1) is 25.9. The van der Waals surface area contributed by atoms with Crippen molar-refractivity contribution in [1.29, 1.82) is 0 Å². The molecular weight excluding hydrogens is 455 g/mol. The lowest BCUT2D eigenvalue weighted by molar-refractivity contribution is -0.134. The Morgan fingerprint density at radius 2 is 1.71 bits per heavy atom. The molecule has 4 rings (SSSR count). The van der Waals surface area contributed by atoms with E-state index in [9.17, 15) is 18.8 Å². The van der Waals surface area contributed by atoms with E-state index >= 15 is 0 Å². The molecule has 186 valence electrons. The summed E-state index contributed by atoms with van der Waals surface area (Å²) in [5.74, 6) is -1.47. The smallest absolute Gasteiger partial charge is 0.328 e. The second kappa shape index (κ2) is 12.7. The first-order valence-electron chi connectivity index (χ1n) is 11.4. The maximum atomic E-state index is 13.2. The normalized spacial score (nSPS) is 16.0. The maximum Gasteiger partial charge on any atom is 0.328 e. The summed E-state index contributed by atoms with van der Waals surface area (Å²) in [6.07, 6.45) is 3.31. The van der Waals surface area contributed by atoms with Crippen molar-refractivity contribution in [3.8, 4) is 5.75 Å². The number of carbonyl (C=O) groups excluding carboxylic acids is 1. The molecule has 0 aliphatic carbocycles. The number of nitrogens with zero attached hydrogens (tertiary/aromatic N) is 2. The van der Waals surface area contributed by atoms with Crippen molar-refractivity contribution < 1.29 is 33.7 Å². The van der Waals surface area contributed by atoms with E-state index in [0.717, 1.165) is 56.7 Å². The number of hydrogen-bond acceptors (Lipinski definition) is 5. The summed E-state index contributed by atoms with van der Waals surface area (Å²) >= 11 is 0. The van der Waals surface area contributed by atoms with Gasteiger partial charge in [0.15, 0.2) is 0 Å². The third kappa shape index (κ3) is 8.22.